The minimum Gasteiger partial charge on any atom is -0.452 e. The van der Waals surface area contributed by atoms with Gasteiger partial charge in [0.1, 0.15) is 5.82 Å². The fraction of sp³-hybridized carbons (Fsp3) is 0.158. The van der Waals surface area contributed by atoms with Crippen molar-refractivity contribution in [1.82, 2.24) is 10.3 Å². The quantitative estimate of drug-likeness (QED) is 0.678. The third kappa shape index (κ3) is 4.23. The fourth-order valence-corrected chi connectivity index (χ4v) is 2.53. The van der Waals surface area contributed by atoms with E-state index in [4.69, 9.17) is 4.74 Å². The summed E-state index contributed by atoms with van der Waals surface area (Å²) in [7, 11) is 0. The number of nitrogens with one attached hydrogen (secondary N) is 2. The predicted octanol–water partition coefficient (Wildman–Crippen LogP) is 2.82. The van der Waals surface area contributed by atoms with Gasteiger partial charge >= 0.3 is 5.97 Å². The van der Waals surface area contributed by atoms with Crippen LogP contribution < -0.4 is 5.32 Å². The minimum absolute atomic E-state index is 0.202. The monoisotopic (exact) mass is 340 g/mol. The molecule has 128 valence electrons. The topological polar surface area (TPSA) is 71.2 Å². The van der Waals surface area contributed by atoms with Gasteiger partial charge in [-0.25, -0.2) is 9.18 Å². The summed E-state index contributed by atoms with van der Waals surface area (Å²) >= 11 is 0. The fourth-order valence-electron chi connectivity index (χ4n) is 2.53. The first-order chi connectivity index (χ1) is 12.1. The van der Waals surface area contributed by atoms with Crippen LogP contribution in [0.5, 0.6) is 0 Å². The van der Waals surface area contributed by atoms with Crippen molar-refractivity contribution in [2.24, 2.45) is 0 Å². The van der Waals surface area contributed by atoms with Gasteiger partial charge in [0, 0.05) is 23.6 Å². The highest BCUT2D eigenvalue weighted by molar-refractivity contribution is 5.91. The Morgan fingerprint density at radius 3 is 2.64 bits per heavy atom. The van der Waals surface area contributed by atoms with Gasteiger partial charge in [-0.05, 0) is 42.3 Å². The molecular weight excluding hydrogens is 323 g/mol. The largest absolute Gasteiger partial charge is 0.452 e. The number of aromatic amines is 1. The number of hydrogen-bond acceptors (Lipinski definition) is 3. The number of aromatic nitrogens is 1. The lowest BCUT2D eigenvalue weighted by atomic mass is 10.1. The van der Waals surface area contributed by atoms with Gasteiger partial charge in [-0.15, -0.1) is 0 Å². The molecule has 0 spiro atoms. The Kier molecular flexibility index (Phi) is 5.09. The van der Waals surface area contributed by atoms with Crippen molar-refractivity contribution in [3.8, 4) is 0 Å². The van der Waals surface area contributed by atoms with E-state index in [1.165, 1.54) is 12.1 Å². The lowest BCUT2D eigenvalue weighted by Gasteiger charge is -2.06. The number of para-hydroxylation sites is 1. The molecule has 5 nitrogen and oxygen atoms in total. The molecule has 0 aliphatic rings. The molecule has 6 heteroatoms. The molecule has 0 fully saturated rings. The molecule has 0 aliphatic heterocycles. The number of ether oxygens (including phenoxy) is 1. The molecule has 0 atom stereocenters. The number of rotatable bonds is 6. The normalized spacial score (nSPS) is 10.6. The summed E-state index contributed by atoms with van der Waals surface area (Å²) in [4.78, 5) is 26.7. The lowest BCUT2D eigenvalue weighted by molar-refractivity contribution is -0.124. The minimum atomic E-state index is -0.660. The maximum absolute atomic E-state index is 12.8. The van der Waals surface area contributed by atoms with E-state index in [-0.39, 0.29) is 18.1 Å². The van der Waals surface area contributed by atoms with E-state index in [9.17, 15) is 14.0 Å². The molecule has 3 rings (SSSR count). The van der Waals surface area contributed by atoms with Gasteiger partial charge in [0.15, 0.2) is 6.61 Å². The van der Waals surface area contributed by atoms with E-state index in [0.717, 1.165) is 28.6 Å². The van der Waals surface area contributed by atoms with E-state index in [1.54, 1.807) is 0 Å². The second-order valence-corrected chi connectivity index (χ2v) is 5.54. The van der Waals surface area contributed by atoms with Crippen molar-refractivity contribution in [3.63, 3.8) is 0 Å². The summed E-state index contributed by atoms with van der Waals surface area (Å²) in [6.45, 7) is 0.0683. The summed E-state index contributed by atoms with van der Waals surface area (Å²) in [5, 5.41) is 3.84. The smallest absolute Gasteiger partial charge is 0.338 e. The number of carbonyl (C=O) groups is 2. The maximum Gasteiger partial charge on any atom is 0.338 e. The van der Waals surface area contributed by atoms with Crippen molar-refractivity contribution in [2.45, 2.75) is 6.42 Å². The van der Waals surface area contributed by atoms with Crippen LogP contribution in [-0.2, 0) is 16.0 Å². The number of esters is 1. The van der Waals surface area contributed by atoms with Crippen LogP contribution in [-0.4, -0.2) is 30.0 Å². The van der Waals surface area contributed by atoms with Gasteiger partial charge in [0.2, 0.25) is 0 Å². The molecule has 0 radical (unpaired) electrons. The number of amides is 1. The molecule has 0 aliphatic carbocycles. The zero-order valence-corrected chi connectivity index (χ0v) is 13.4. The predicted molar refractivity (Wildman–Crippen MR) is 91.7 cm³/mol. The molecule has 0 bridgehead atoms. The van der Waals surface area contributed by atoms with Crippen LogP contribution >= 0.6 is 0 Å². The standard InChI is InChI=1S/C19H17FN2O3/c20-15-7-5-13(6-8-15)19(24)25-12-18(23)21-10-9-14-11-22-17-4-2-1-3-16(14)17/h1-8,11,22H,9-10,12H2,(H,21,23). The van der Waals surface area contributed by atoms with Crippen LogP contribution in [0.3, 0.4) is 0 Å². The second kappa shape index (κ2) is 7.61. The van der Waals surface area contributed by atoms with Gasteiger partial charge in [-0.2, -0.15) is 0 Å². The van der Waals surface area contributed by atoms with Crippen LogP contribution in [0.4, 0.5) is 4.39 Å². The third-order valence-corrected chi connectivity index (χ3v) is 3.81. The van der Waals surface area contributed by atoms with E-state index in [0.29, 0.717) is 13.0 Å². The Labute approximate surface area is 143 Å². The molecule has 2 aromatic carbocycles. The van der Waals surface area contributed by atoms with Crippen molar-refractivity contribution >= 4 is 22.8 Å². The highest BCUT2D eigenvalue weighted by Crippen LogP contribution is 2.17. The molecule has 0 saturated carbocycles. The Bertz CT molecular complexity index is 887. The number of carbonyl (C=O) groups excluding carboxylic acids is 2. The summed E-state index contributed by atoms with van der Waals surface area (Å²) in [5.74, 6) is -1.48. The molecule has 0 saturated heterocycles. The van der Waals surface area contributed by atoms with Gasteiger partial charge in [-0.1, -0.05) is 18.2 Å². The van der Waals surface area contributed by atoms with Crippen LogP contribution in [0.2, 0.25) is 0 Å². The maximum atomic E-state index is 12.8. The first-order valence-corrected chi connectivity index (χ1v) is 7.88. The lowest BCUT2D eigenvalue weighted by Crippen LogP contribution is -2.30. The van der Waals surface area contributed by atoms with Gasteiger partial charge in [0.25, 0.3) is 5.91 Å². The molecule has 3 aromatic rings. The highest BCUT2D eigenvalue weighted by atomic mass is 19.1. The average Bonchev–Trinajstić information content (AvgIpc) is 3.04. The SMILES string of the molecule is O=C(COC(=O)c1ccc(F)cc1)NCCc1c[nH]c2ccccc12. The average molecular weight is 340 g/mol. The van der Waals surface area contributed by atoms with E-state index < -0.39 is 11.8 Å². The van der Waals surface area contributed by atoms with Crippen molar-refractivity contribution in [3.05, 3.63) is 71.7 Å². The van der Waals surface area contributed by atoms with Gasteiger partial charge in [-0.3, -0.25) is 4.79 Å². The van der Waals surface area contributed by atoms with Crippen LogP contribution in [0, 0.1) is 5.82 Å². The Hall–Kier alpha value is -3.15. The Morgan fingerprint density at radius 1 is 1.08 bits per heavy atom. The summed E-state index contributed by atoms with van der Waals surface area (Å²) < 4.78 is 17.7. The van der Waals surface area contributed by atoms with E-state index in [1.807, 2.05) is 30.5 Å². The summed E-state index contributed by atoms with van der Waals surface area (Å²) in [6, 6.07) is 12.9. The third-order valence-electron chi connectivity index (χ3n) is 3.81. The first kappa shape index (κ1) is 16.7. The molecule has 1 amide bonds. The van der Waals surface area contributed by atoms with E-state index >= 15 is 0 Å². The van der Waals surface area contributed by atoms with Crippen LogP contribution in [0.25, 0.3) is 10.9 Å². The van der Waals surface area contributed by atoms with Crippen molar-refractivity contribution in [1.29, 1.82) is 0 Å². The number of H-pyrrole nitrogens is 1. The Balaban J connectivity index is 1.44. The van der Waals surface area contributed by atoms with Crippen molar-refractivity contribution in [2.75, 3.05) is 13.2 Å². The highest BCUT2D eigenvalue weighted by Gasteiger charge is 2.10. The molecule has 25 heavy (non-hydrogen) atoms. The number of benzene rings is 2. The first-order valence-electron chi connectivity index (χ1n) is 7.88. The van der Waals surface area contributed by atoms with Crippen LogP contribution in [0.15, 0.2) is 54.7 Å². The molecule has 1 heterocycles. The zero-order valence-electron chi connectivity index (χ0n) is 13.4. The summed E-state index contributed by atoms with van der Waals surface area (Å²) in [6.07, 6.45) is 2.59. The van der Waals surface area contributed by atoms with E-state index in [2.05, 4.69) is 10.3 Å². The van der Waals surface area contributed by atoms with Crippen LogP contribution in [0.1, 0.15) is 15.9 Å². The zero-order chi connectivity index (χ0) is 17.6. The number of fused-ring (bicyclic) bond motifs is 1. The molecule has 1 aromatic heterocycles. The molecular formula is C19H17FN2O3. The number of hydrogen-bond donors (Lipinski definition) is 2. The Morgan fingerprint density at radius 2 is 1.84 bits per heavy atom. The second-order valence-electron chi connectivity index (χ2n) is 5.54. The molecule has 0 unspecified atom stereocenters. The number of halogens is 1. The van der Waals surface area contributed by atoms with Gasteiger partial charge < -0.3 is 15.0 Å². The summed E-state index contributed by atoms with van der Waals surface area (Å²) in [5.41, 5.74) is 2.37. The molecule has 2 N–H and O–H groups in total. The van der Waals surface area contributed by atoms with Gasteiger partial charge in [0.05, 0.1) is 5.56 Å². The van der Waals surface area contributed by atoms with Crippen molar-refractivity contribution < 1.29 is 18.7 Å².